The van der Waals surface area contributed by atoms with Gasteiger partial charge in [0.05, 0.1) is 21.9 Å². The number of ether oxygens (including phenoxy) is 1. The molecule has 0 radical (unpaired) electrons. The first kappa shape index (κ1) is 20.9. The topological polar surface area (TPSA) is 76.6 Å². The van der Waals surface area contributed by atoms with E-state index in [1.165, 1.54) is 0 Å². The summed E-state index contributed by atoms with van der Waals surface area (Å²) in [5.74, 6) is 0. The summed E-state index contributed by atoms with van der Waals surface area (Å²) in [4.78, 5) is 19.2. The maximum absolute atomic E-state index is 13.6. The summed E-state index contributed by atoms with van der Waals surface area (Å²) in [5, 5.41) is 0.318. The summed E-state index contributed by atoms with van der Waals surface area (Å²) in [5.41, 5.74) is 0.569. The normalized spacial score (nSPS) is 21.3. The largest absolute Gasteiger partial charge is 0.444 e. The van der Waals surface area contributed by atoms with Crippen LogP contribution in [-0.2, 0) is 14.6 Å². The lowest BCUT2D eigenvalue weighted by atomic mass is 9.94. The van der Waals surface area contributed by atoms with Crippen molar-refractivity contribution < 1.29 is 17.9 Å². The van der Waals surface area contributed by atoms with E-state index >= 15 is 0 Å². The molecule has 4 rings (SSSR count). The second-order valence-corrected chi connectivity index (χ2v) is 10.8. The molecule has 0 saturated carbocycles. The van der Waals surface area contributed by atoms with Crippen LogP contribution in [0.3, 0.4) is 0 Å². The molecule has 1 aromatic heterocycles. The molecule has 0 spiro atoms. The molecule has 2 aliphatic heterocycles. The molecule has 3 heterocycles. The summed E-state index contributed by atoms with van der Waals surface area (Å²) in [6.45, 7) is 5.38. The Kier molecular flexibility index (Phi) is 5.14. The minimum Gasteiger partial charge on any atom is -0.444 e. The number of aromatic nitrogens is 1. The molecule has 0 N–H and O–H groups in total. The Morgan fingerprint density at radius 1 is 1.10 bits per heavy atom. The molecule has 0 aliphatic carbocycles. The van der Waals surface area contributed by atoms with Gasteiger partial charge in [0, 0.05) is 11.8 Å². The van der Waals surface area contributed by atoms with Gasteiger partial charge in [0.2, 0.25) is 9.84 Å². The SMILES string of the molecule is CC(C)(C)OC(=O)N1C2CCC1C(S(=O)(=O)c1ccccc1)=C2c1ccc(Cl)nc1. The smallest absolute Gasteiger partial charge is 0.411 e. The van der Waals surface area contributed by atoms with Gasteiger partial charge >= 0.3 is 6.09 Å². The van der Waals surface area contributed by atoms with Gasteiger partial charge in [0.15, 0.2) is 0 Å². The number of hydrogen-bond acceptors (Lipinski definition) is 5. The molecular weight excluding hydrogens is 424 g/mol. The maximum atomic E-state index is 13.6. The third kappa shape index (κ3) is 3.61. The molecule has 6 nitrogen and oxygen atoms in total. The highest BCUT2D eigenvalue weighted by Crippen LogP contribution is 2.50. The van der Waals surface area contributed by atoms with E-state index in [4.69, 9.17) is 16.3 Å². The van der Waals surface area contributed by atoms with Gasteiger partial charge in [-0.15, -0.1) is 0 Å². The van der Waals surface area contributed by atoms with E-state index < -0.39 is 27.6 Å². The Hall–Kier alpha value is -2.38. The zero-order valence-electron chi connectivity index (χ0n) is 17.0. The summed E-state index contributed by atoms with van der Waals surface area (Å²) >= 11 is 5.94. The fraction of sp³-hybridized carbons (Fsp3) is 0.364. The van der Waals surface area contributed by atoms with Crippen LogP contribution in [0.1, 0.15) is 39.2 Å². The van der Waals surface area contributed by atoms with Gasteiger partial charge in [-0.25, -0.2) is 18.2 Å². The van der Waals surface area contributed by atoms with E-state index in [1.807, 2.05) is 0 Å². The number of halogens is 1. The number of carbonyl (C=O) groups is 1. The first-order chi connectivity index (χ1) is 14.1. The van der Waals surface area contributed by atoms with Crippen molar-refractivity contribution in [1.29, 1.82) is 0 Å². The molecule has 2 atom stereocenters. The summed E-state index contributed by atoms with van der Waals surface area (Å²) < 4.78 is 32.9. The van der Waals surface area contributed by atoms with Crippen LogP contribution < -0.4 is 0 Å². The number of nitrogens with zero attached hydrogens (tertiary/aromatic N) is 2. The van der Waals surface area contributed by atoms with Crippen LogP contribution in [0.15, 0.2) is 58.5 Å². The minimum atomic E-state index is -3.82. The van der Waals surface area contributed by atoms with Crippen molar-refractivity contribution >= 4 is 33.1 Å². The molecular formula is C22H23ClN2O4S. The molecule has 2 aliphatic rings. The van der Waals surface area contributed by atoms with Crippen LogP contribution in [-0.4, -0.2) is 42.1 Å². The molecule has 30 heavy (non-hydrogen) atoms. The molecule has 8 heteroatoms. The third-order valence-corrected chi connectivity index (χ3v) is 7.46. The summed E-state index contributed by atoms with van der Waals surface area (Å²) in [7, 11) is -3.82. The first-order valence-corrected chi connectivity index (χ1v) is 11.6. The van der Waals surface area contributed by atoms with Crippen molar-refractivity contribution in [2.45, 2.75) is 56.2 Å². The summed E-state index contributed by atoms with van der Waals surface area (Å²) in [6.07, 6.45) is 2.28. The lowest BCUT2D eigenvalue weighted by Crippen LogP contribution is -2.41. The highest BCUT2D eigenvalue weighted by Gasteiger charge is 2.53. The van der Waals surface area contributed by atoms with Crippen LogP contribution in [0.5, 0.6) is 0 Å². The van der Waals surface area contributed by atoms with Crippen molar-refractivity contribution in [3.63, 3.8) is 0 Å². The fourth-order valence-electron chi connectivity index (χ4n) is 4.19. The van der Waals surface area contributed by atoms with E-state index in [-0.39, 0.29) is 15.8 Å². The molecule has 1 fully saturated rings. The molecule has 2 bridgehead atoms. The first-order valence-electron chi connectivity index (χ1n) is 9.77. The second kappa shape index (κ2) is 7.39. The Morgan fingerprint density at radius 3 is 2.37 bits per heavy atom. The minimum absolute atomic E-state index is 0.205. The highest BCUT2D eigenvalue weighted by molar-refractivity contribution is 7.95. The zero-order chi connectivity index (χ0) is 21.7. The van der Waals surface area contributed by atoms with Crippen molar-refractivity contribution in [2.24, 2.45) is 0 Å². The van der Waals surface area contributed by atoms with Gasteiger partial charge in [-0.3, -0.25) is 4.90 Å². The monoisotopic (exact) mass is 446 g/mol. The fourth-order valence-corrected chi connectivity index (χ4v) is 6.20. The van der Waals surface area contributed by atoms with Crippen molar-refractivity contribution in [1.82, 2.24) is 9.88 Å². The van der Waals surface area contributed by atoms with Gasteiger partial charge in [0.1, 0.15) is 10.8 Å². The number of pyridine rings is 1. The van der Waals surface area contributed by atoms with Gasteiger partial charge in [-0.05, 0) is 63.4 Å². The molecule has 1 saturated heterocycles. The number of sulfone groups is 1. The Balaban J connectivity index is 1.86. The van der Waals surface area contributed by atoms with Crippen LogP contribution in [0.2, 0.25) is 5.15 Å². The number of amides is 1. The van der Waals surface area contributed by atoms with E-state index in [9.17, 15) is 13.2 Å². The number of carbonyl (C=O) groups excluding carboxylic acids is 1. The van der Waals surface area contributed by atoms with Crippen molar-refractivity contribution in [2.75, 3.05) is 0 Å². The van der Waals surface area contributed by atoms with E-state index in [1.54, 1.807) is 74.3 Å². The van der Waals surface area contributed by atoms with Crippen molar-refractivity contribution in [3.8, 4) is 0 Å². The van der Waals surface area contributed by atoms with Crippen LogP contribution in [0, 0.1) is 0 Å². The molecule has 158 valence electrons. The molecule has 2 aromatic rings. The predicted molar refractivity (Wildman–Crippen MR) is 115 cm³/mol. The number of benzene rings is 1. The highest BCUT2D eigenvalue weighted by atomic mass is 35.5. The van der Waals surface area contributed by atoms with E-state index in [0.29, 0.717) is 29.1 Å². The van der Waals surface area contributed by atoms with Crippen LogP contribution in [0.4, 0.5) is 4.79 Å². The predicted octanol–water partition coefficient (Wildman–Crippen LogP) is 4.70. The standard InChI is InChI=1S/C22H23ClN2O4S/c1-22(2,3)29-21(26)25-16-10-11-17(25)20(19(16)14-9-12-18(23)24-13-14)30(27,28)15-7-5-4-6-8-15/h4-9,12-13,16-17H,10-11H2,1-3H3. The van der Waals surface area contributed by atoms with Gasteiger partial charge < -0.3 is 4.74 Å². The molecule has 1 amide bonds. The van der Waals surface area contributed by atoms with Gasteiger partial charge in [-0.2, -0.15) is 0 Å². The van der Waals surface area contributed by atoms with E-state index in [0.717, 1.165) is 0 Å². The Labute approximate surface area is 181 Å². The quantitative estimate of drug-likeness (QED) is 0.638. The van der Waals surface area contributed by atoms with Crippen LogP contribution >= 0.6 is 11.6 Å². The Bertz CT molecular complexity index is 1110. The molecule has 2 unspecified atom stereocenters. The van der Waals surface area contributed by atoms with E-state index in [2.05, 4.69) is 4.98 Å². The number of hydrogen-bond donors (Lipinski definition) is 0. The van der Waals surface area contributed by atoms with Gasteiger partial charge in [-0.1, -0.05) is 29.8 Å². The third-order valence-electron chi connectivity index (χ3n) is 5.27. The van der Waals surface area contributed by atoms with Gasteiger partial charge in [0.25, 0.3) is 0 Å². The maximum Gasteiger partial charge on any atom is 0.411 e. The average molecular weight is 447 g/mol. The summed E-state index contributed by atoms with van der Waals surface area (Å²) in [6, 6.07) is 10.7. The Morgan fingerprint density at radius 2 is 1.77 bits per heavy atom. The second-order valence-electron chi connectivity index (χ2n) is 8.46. The lowest BCUT2D eigenvalue weighted by molar-refractivity contribution is 0.0234. The number of rotatable bonds is 3. The lowest BCUT2D eigenvalue weighted by Gasteiger charge is -2.28. The molecule has 1 aromatic carbocycles. The van der Waals surface area contributed by atoms with Crippen molar-refractivity contribution in [3.05, 3.63) is 64.3 Å². The zero-order valence-corrected chi connectivity index (χ0v) is 18.6. The average Bonchev–Trinajstić information content (AvgIpc) is 3.24. The number of fused-ring (bicyclic) bond motifs is 2. The van der Waals surface area contributed by atoms with Crippen LogP contribution in [0.25, 0.3) is 5.57 Å².